The number of anilines is 2. The smallest absolute Gasteiger partial charge is 0.321 e. The van der Waals surface area contributed by atoms with E-state index in [2.05, 4.69) is 5.32 Å². The van der Waals surface area contributed by atoms with Crippen LogP contribution in [-0.4, -0.2) is 17.1 Å². The Kier molecular flexibility index (Phi) is 7.69. The van der Waals surface area contributed by atoms with Crippen molar-refractivity contribution in [2.75, 3.05) is 10.2 Å². The van der Waals surface area contributed by atoms with Gasteiger partial charge in [-0.3, -0.25) is 14.5 Å². The highest BCUT2D eigenvalue weighted by atomic mass is 32.2. The lowest BCUT2D eigenvalue weighted by atomic mass is 10.0. The van der Waals surface area contributed by atoms with Gasteiger partial charge < -0.3 is 5.32 Å². The largest absolute Gasteiger partial charge is 0.416 e. The molecule has 188 valence electrons. The van der Waals surface area contributed by atoms with Crippen LogP contribution in [0.5, 0.6) is 0 Å². The summed E-state index contributed by atoms with van der Waals surface area (Å²) in [5.74, 6) is -1.10. The van der Waals surface area contributed by atoms with Gasteiger partial charge in [-0.1, -0.05) is 67.2 Å². The van der Waals surface area contributed by atoms with Gasteiger partial charge in [0.1, 0.15) is 16.7 Å². The summed E-state index contributed by atoms with van der Waals surface area (Å²) in [6.07, 6.45) is -3.73. The Labute approximate surface area is 216 Å². The van der Waals surface area contributed by atoms with E-state index in [9.17, 15) is 28.0 Å². The first-order valence-electron chi connectivity index (χ1n) is 11.5. The number of hydrogen-bond donors (Lipinski definition) is 1. The van der Waals surface area contributed by atoms with Crippen LogP contribution < -0.4 is 10.2 Å². The highest BCUT2D eigenvalue weighted by Crippen LogP contribution is 2.42. The molecule has 1 N–H and O–H groups in total. The third-order valence-electron chi connectivity index (χ3n) is 5.82. The summed E-state index contributed by atoms with van der Waals surface area (Å²) in [5.41, 5.74) is 1.26. The zero-order valence-electron chi connectivity index (χ0n) is 19.8. The molecule has 1 aliphatic heterocycles. The predicted octanol–water partition coefficient (Wildman–Crippen LogP) is 6.33. The number of nitrogens with one attached hydrogen (secondary N) is 1. The monoisotopic (exact) mass is 521 g/mol. The summed E-state index contributed by atoms with van der Waals surface area (Å²) in [4.78, 5) is 27.9. The van der Waals surface area contributed by atoms with Crippen molar-refractivity contribution in [1.29, 1.82) is 5.26 Å². The summed E-state index contributed by atoms with van der Waals surface area (Å²) in [5, 5.41) is 11.9. The third kappa shape index (κ3) is 5.87. The quantitative estimate of drug-likeness (QED) is 0.304. The first kappa shape index (κ1) is 26.0. The second kappa shape index (κ2) is 10.9. The molecule has 0 aliphatic carbocycles. The molecular formula is C28H22F3N3O2S. The van der Waals surface area contributed by atoms with Crippen LogP contribution in [0.15, 0.2) is 89.5 Å². The topological polar surface area (TPSA) is 73.2 Å². The maximum Gasteiger partial charge on any atom is 0.416 e. The normalized spacial score (nSPS) is 16.9. The van der Waals surface area contributed by atoms with E-state index < -0.39 is 28.8 Å². The van der Waals surface area contributed by atoms with Gasteiger partial charge in [-0.15, -0.1) is 0 Å². The fraction of sp³-hybridized carbons (Fsp3) is 0.179. The number of benzene rings is 3. The lowest BCUT2D eigenvalue weighted by molar-refractivity contribution is -0.137. The van der Waals surface area contributed by atoms with E-state index >= 15 is 0 Å². The molecule has 37 heavy (non-hydrogen) atoms. The molecule has 4 rings (SSSR count). The molecule has 1 aliphatic rings. The molecule has 0 aromatic heterocycles. The molecular weight excluding hydrogens is 499 g/mol. The minimum absolute atomic E-state index is 0.000519. The Morgan fingerprint density at radius 2 is 1.73 bits per heavy atom. The zero-order valence-corrected chi connectivity index (χ0v) is 20.6. The van der Waals surface area contributed by atoms with Crippen LogP contribution in [0.1, 0.15) is 23.6 Å². The number of halogens is 3. The van der Waals surface area contributed by atoms with Crippen molar-refractivity contribution < 1.29 is 22.8 Å². The number of nitriles is 1. The van der Waals surface area contributed by atoms with E-state index in [-0.39, 0.29) is 17.0 Å². The number of para-hydroxylation sites is 1. The molecule has 1 unspecified atom stereocenters. The van der Waals surface area contributed by atoms with Gasteiger partial charge in [0.05, 0.1) is 10.8 Å². The Morgan fingerprint density at radius 3 is 2.35 bits per heavy atom. The summed E-state index contributed by atoms with van der Waals surface area (Å²) >= 11 is 1.00. The number of carbonyl (C=O) groups excluding carboxylic acids is 2. The summed E-state index contributed by atoms with van der Waals surface area (Å²) in [6.45, 7) is 1.99. The predicted molar refractivity (Wildman–Crippen MR) is 138 cm³/mol. The molecule has 1 saturated heterocycles. The highest BCUT2D eigenvalue weighted by molar-refractivity contribution is 8.05. The standard InChI is InChI=1S/C28H22F3N3O2S/c1-2-18-11-13-22(14-12-18)34-26(36)24(16-19-7-6-8-20(15-19)28(29,30)31)37-27(34)23(17-32)25(35)33-21-9-4-3-5-10-21/h3-15,24H,2,16H2,1H3,(H,33,35)/b27-23-. The number of carbonyl (C=O) groups is 2. The van der Waals surface area contributed by atoms with E-state index in [0.717, 1.165) is 35.9 Å². The Balaban J connectivity index is 1.72. The first-order chi connectivity index (χ1) is 17.7. The van der Waals surface area contributed by atoms with Crippen LogP contribution in [0.4, 0.5) is 24.5 Å². The molecule has 2 amide bonds. The van der Waals surface area contributed by atoms with Crippen molar-refractivity contribution in [1.82, 2.24) is 0 Å². The molecule has 1 heterocycles. The Morgan fingerprint density at radius 1 is 1.03 bits per heavy atom. The van der Waals surface area contributed by atoms with Crippen LogP contribution in [-0.2, 0) is 28.6 Å². The lowest BCUT2D eigenvalue weighted by Gasteiger charge is -2.19. The van der Waals surface area contributed by atoms with Gasteiger partial charge in [-0.25, -0.2) is 0 Å². The molecule has 9 heteroatoms. The van der Waals surface area contributed by atoms with Crippen molar-refractivity contribution in [2.45, 2.75) is 31.2 Å². The van der Waals surface area contributed by atoms with Gasteiger partial charge in [-0.05, 0) is 54.3 Å². The molecule has 3 aromatic carbocycles. The second-order valence-electron chi connectivity index (χ2n) is 8.31. The van der Waals surface area contributed by atoms with Gasteiger partial charge in [0, 0.05) is 11.4 Å². The van der Waals surface area contributed by atoms with Crippen molar-refractivity contribution in [2.24, 2.45) is 0 Å². The number of amides is 2. The van der Waals surface area contributed by atoms with Gasteiger partial charge in [-0.2, -0.15) is 18.4 Å². The number of rotatable bonds is 6. The van der Waals surface area contributed by atoms with E-state index in [4.69, 9.17) is 0 Å². The molecule has 0 radical (unpaired) electrons. The fourth-order valence-corrected chi connectivity index (χ4v) is 5.21. The van der Waals surface area contributed by atoms with Crippen LogP contribution in [0.25, 0.3) is 0 Å². The number of nitrogens with zero attached hydrogens (tertiary/aromatic N) is 2. The van der Waals surface area contributed by atoms with Crippen LogP contribution in [0, 0.1) is 11.3 Å². The minimum Gasteiger partial charge on any atom is -0.321 e. The summed E-state index contributed by atoms with van der Waals surface area (Å²) < 4.78 is 39.6. The van der Waals surface area contributed by atoms with E-state index in [1.165, 1.54) is 17.0 Å². The maximum absolute atomic E-state index is 13.6. The van der Waals surface area contributed by atoms with Crippen molar-refractivity contribution in [3.05, 3.63) is 106 Å². The van der Waals surface area contributed by atoms with Crippen LogP contribution in [0.3, 0.4) is 0 Å². The van der Waals surface area contributed by atoms with Gasteiger partial charge >= 0.3 is 6.18 Å². The highest BCUT2D eigenvalue weighted by Gasteiger charge is 2.41. The summed E-state index contributed by atoms with van der Waals surface area (Å²) in [6, 6.07) is 22.5. The minimum atomic E-state index is -4.51. The molecule has 0 saturated carbocycles. The van der Waals surface area contributed by atoms with Gasteiger partial charge in [0.25, 0.3) is 5.91 Å². The third-order valence-corrected chi connectivity index (χ3v) is 7.08. The molecule has 1 atom stereocenters. The van der Waals surface area contributed by atoms with Gasteiger partial charge in [0.2, 0.25) is 5.91 Å². The molecule has 0 bridgehead atoms. The number of thioether (sulfide) groups is 1. The molecule has 1 fully saturated rings. The average Bonchev–Trinajstić information content (AvgIpc) is 3.20. The molecule has 3 aromatic rings. The number of hydrogen-bond acceptors (Lipinski definition) is 4. The van der Waals surface area contributed by atoms with Crippen molar-refractivity contribution in [3.8, 4) is 6.07 Å². The van der Waals surface area contributed by atoms with Crippen molar-refractivity contribution in [3.63, 3.8) is 0 Å². The molecule has 5 nitrogen and oxygen atoms in total. The fourth-order valence-electron chi connectivity index (χ4n) is 3.91. The van der Waals surface area contributed by atoms with Crippen molar-refractivity contribution >= 4 is 35.0 Å². The van der Waals surface area contributed by atoms with E-state index in [1.807, 2.05) is 25.1 Å². The van der Waals surface area contributed by atoms with E-state index in [1.54, 1.807) is 42.5 Å². The number of alkyl halides is 3. The van der Waals surface area contributed by atoms with Gasteiger partial charge in [0.15, 0.2) is 0 Å². The second-order valence-corrected chi connectivity index (χ2v) is 9.51. The Bertz CT molecular complexity index is 1380. The summed E-state index contributed by atoms with van der Waals surface area (Å²) in [7, 11) is 0. The maximum atomic E-state index is 13.6. The van der Waals surface area contributed by atoms with E-state index in [0.29, 0.717) is 16.9 Å². The lowest BCUT2D eigenvalue weighted by Crippen LogP contribution is -2.31. The number of aryl methyl sites for hydroxylation is 1. The zero-order chi connectivity index (χ0) is 26.6. The average molecular weight is 522 g/mol. The first-order valence-corrected chi connectivity index (χ1v) is 12.4. The molecule has 0 spiro atoms. The van der Waals surface area contributed by atoms with Crippen LogP contribution >= 0.6 is 11.8 Å². The van der Waals surface area contributed by atoms with Crippen LogP contribution in [0.2, 0.25) is 0 Å². The Hall–Kier alpha value is -4.03. The SMILES string of the molecule is CCc1ccc(N2C(=O)C(Cc3cccc(C(F)(F)F)c3)S/C2=C(/C#N)C(=O)Nc2ccccc2)cc1.